The fraction of sp³-hybridized carbons (Fsp3) is 0.571. The zero-order valence-electron chi connectivity index (χ0n) is 10.4. The molecule has 0 bridgehead atoms. The van der Waals surface area contributed by atoms with Crippen LogP contribution in [0.15, 0.2) is 18.2 Å². The molecule has 1 saturated carbocycles. The van der Waals surface area contributed by atoms with Crippen molar-refractivity contribution in [2.24, 2.45) is 11.1 Å². The minimum absolute atomic E-state index is 0.135. The number of aliphatic hydroxyl groups is 1. The molecule has 4 heteroatoms. The van der Waals surface area contributed by atoms with Crippen molar-refractivity contribution < 1.29 is 14.6 Å². The molecule has 98 valence electrons. The maximum Gasteiger partial charge on any atom is 0.161 e. The largest absolute Gasteiger partial charge is 0.486 e. The molecule has 4 nitrogen and oxygen atoms in total. The first-order valence-corrected chi connectivity index (χ1v) is 6.53. The number of benzene rings is 1. The molecule has 1 heterocycles. The van der Waals surface area contributed by atoms with Gasteiger partial charge < -0.3 is 20.3 Å². The van der Waals surface area contributed by atoms with Crippen LogP contribution in [0.25, 0.3) is 0 Å². The molecule has 0 aromatic heterocycles. The third-order valence-corrected chi connectivity index (χ3v) is 4.22. The topological polar surface area (TPSA) is 64.7 Å². The van der Waals surface area contributed by atoms with Gasteiger partial charge in [0.25, 0.3) is 0 Å². The van der Waals surface area contributed by atoms with E-state index in [4.69, 9.17) is 15.2 Å². The van der Waals surface area contributed by atoms with Gasteiger partial charge in [-0.2, -0.15) is 0 Å². The SMILES string of the molecule is NCC1(C(O)c2ccc3c(c2)OCCO3)CCC1. The Labute approximate surface area is 107 Å². The average Bonchev–Trinajstić information content (AvgIpc) is 2.37. The first kappa shape index (κ1) is 11.8. The van der Waals surface area contributed by atoms with Gasteiger partial charge in [-0.05, 0) is 30.5 Å². The zero-order valence-corrected chi connectivity index (χ0v) is 10.4. The van der Waals surface area contributed by atoms with Gasteiger partial charge in [-0.15, -0.1) is 0 Å². The second-order valence-electron chi connectivity index (χ2n) is 5.23. The molecule has 1 aliphatic heterocycles. The Balaban J connectivity index is 1.87. The van der Waals surface area contributed by atoms with Gasteiger partial charge in [0.1, 0.15) is 13.2 Å². The second-order valence-corrected chi connectivity index (χ2v) is 5.23. The summed E-state index contributed by atoms with van der Waals surface area (Å²) in [6, 6.07) is 5.67. The number of hydrogen-bond acceptors (Lipinski definition) is 4. The van der Waals surface area contributed by atoms with Crippen molar-refractivity contribution in [2.45, 2.75) is 25.4 Å². The van der Waals surface area contributed by atoms with E-state index in [0.717, 1.165) is 36.3 Å². The maximum atomic E-state index is 10.5. The first-order valence-electron chi connectivity index (χ1n) is 6.53. The summed E-state index contributed by atoms with van der Waals surface area (Å²) in [7, 11) is 0. The average molecular weight is 249 g/mol. The van der Waals surface area contributed by atoms with Gasteiger partial charge in [0.05, 0.1) is 6.10 Å². The molecule has 1 aromatic rings. The molecule has 2 aliphatic rings. The highest BCUT2D eigenvalue weighted by molar-refractivity contribution is 5.44. The highest BCUT2D eigenvalue weighted by atomic mass is 16.6. The summed E-state index contributed by atoms with van der Waals surface area (Å²) in [4.78, 5) is 0. The molecule has 0 radical (unpaired) electrons. The van der Waals surface area contributed by atoms with Gasteiger partial charge >= 0.3 is 0 Å². The molecule has 1 atom stereocenters. The summed E-state index contributed by atoms with van der Waals surface area (Å²) in [6.45, 7) is 1.68. The van der Waals surface area contributed by atoms with E-state index in [1.54, 1.807) is 0 Å². The van der Waals surface area contributed by atoms with Crippen LogP contribution < -0.4 is 15.2 Å². The molecule has 0 spiro atoms. The van der Waals surface area contributed by atoms with Gasteiger partial charge in [0.15, 0.2) is 11.5 Å². The normalized spacial score (nSPS) is 22.1. The third kappa shape index (κ3) is 1.76. The third-order valence-electron chi connectivity index (χ3n) is 4.22. The van der Waals surface area contributed by atoms with Crippen molar-refractivity contribution in [2.75, 3.05) is 19.8 Å². The van der Waals surface area contributed by atoms with Crippen LogP contribution >= 0.6 is 0 Å². The Bertz CT molecular complexity index is 437. The summed E-state index contributed by atoms with van der Waals surface area (Å²) in [5.41, 5.74) is 6.57. The van der Waals surface area contributed by atoms with Crippen molar-refractivity contribution in [3.8, 4) is 11.5 Å². The molecule has 0 saturated heterocycles. The van der Waals surface area contributed by atoms with Crippen LogP contribution in [0.1, 0.15) is 30.9 Å². The van der Waals surface area contributed by atoms with Crippen molar-refractivity contribution in [3.63, 3.8) is 0 Å². The van der Waals surface area contributed by atoms with Gasteiger partial charge in [-0.1, -0.05) is 12.5 Å². The number of hydrogen-bond donors (Lipinski definition) is 2. The van der Waals surface area contributed by atoms with E-state index < -0.39 is 6.10 Å². The van der Waals surface area contributed by atoms with Crippen LogP contribution in [0.3, 0.4) is 0 Å². The minimum Gasteiger partial charge on any atom is -0.486 e. The van der Waals surface area contributed by atoms with E-state index in [-0.39, 0.29) is 5.41 Å². The second kappa shape index (κ2) is 4.44. The summed E-state index contributed by atoms with van der Waals surface area (Å²) in [6.07, 6.45) is 2.64. The molecule has 18 heavy (non-hydrogen) atoms. The Morgan fingerprint density at radius 1 is 1.22 bits per heavy atom. The minimum atomic E-state index is -0.507. The number of nitrogens with two attached hydrogens (primary N) is 1. The van der Waals surface area contributed by atoms with Crippen LogP contribution in [-0.4, -0.2) is 24.9 Å². The Kier molecular flexibility index (Phi) is 2.92. The molecule has 1 fully saturated rings. The van der Waals surface area contributed by atoms with Crippen LogP contribution in [0.5, 0.6) is 11.5 Å². The van der Waals surface area contributed by atoms with E-state index in [2.05, 4.69) is 0 Å². The van der Waals surface area contributed by atoms with E-state index in [9.17, 15) is 5.11 Å². The number of aliphatic hydroxyl groups excluding tert-OH is 1. The van der Waals surface area contributed by atoms with E-state index in [1.165, 1.54) is 0 Å². The molecule has 1 aromatic carbocycles. The Morgan fingerprint density at radius 2 is 1.94 bits per heavy atom. The molecule has 3 rings (SSSR count). The molecule has 1 unspecified atom stereocenters. The lowest BCUT2D eigenvalue weighted by Crippen LogP contribution is -2.42. The van der Waals surface area contributed by atoms with Crippen molar-refractivity contribution in [1.82, 2.24) is 0 Å². The standard InChI is InChI=1S/C14H19NO3/c15-9-14(4-1-5-14)13(16)10-2-3-11-12(8-10)18-7-6-17-11/h2-3,8,13,16H,1,4-7,9,15H2. The fourth-order valence-electron chi connectivity index (χ4n) is 2.80. The van der Waals surface area contributed by atoms with E-state index in [1.807, 2.05) is 18.2 Å². The number of ether oxygens (including phenoxy) is 2. The first-order chi connectivity index (χ1) is 8.75. The summed E-state index contributed by atoms with van der Waals surface area (Å²) < 4.78 is 11.0. The maximum absolute atomic E-state index is 10.5. The van der Waals surface area contributed by atoms with Gasteiger partial charge in [-0.25, -0.2) is 0 Å². The van der Waals surface area contributed by atoms with Gasteiger partial charge in [-0.3, -0.25) is 0 Å². The van der Waals surface area contributed by atoms with E-state index in [0.29, 0.717) is 19.8 Å². The van der Waals surface area contributed by atoms with Gasteiger partial charge in [0.2, 0.25) is 0 Å². The van der Waals surface area contributed by atoms with Crippen LogP contribution in [-0.2, 0) is 0 Å². The molecular formula is C14H19NO3. The highest BCUT2D eigenvalue weighted by Gasteiger charge is 2.43. The van der Waals surface area contributed by atoms with Gasteiger partial charge in [0, 0.05) is 12.0 Å². The quantitative estimate of drug-likeness (QED) is 0.854. The van der Waals surface area contributed by atoms with E-state index >= 15 is 0 Å². The number of fused-ring (bicyclic) bond motifs is 1. The predicted molar refractivity (Wildman–Crippen MR) is 67.7 cm³/mol. The predicted octanol–water partition coefficient (Wildman–Crippen LogP) is 1.62. The highest BCUT2D eigenvalue weighted by Crippen LogP contribution is 2.50. The lowest BCUT2D eigenvalue weighted by atomic mass is 9.63. The van der Waals surface area contributed by atoms with Crippen LogP contribution in [0.4, 0.5) is 0 Å². The smallest absolute Gasteiger partial charge is 0.161 e. The lowest BCUT2D eigenvalue weighted by molar-refractivity contribution is -0.0299. The van der Waals surface area contributed by atoms with Crippen molar-refractivity contribution >= 4 is 0 Å². The lowest BCUT2D eigenvalue weighted by Gasteiger charge is -2.45. The Morgan fingerprint density at radius 3 is 2.56 bits per heavy atom. The molecule has 1 aliphatic carbocycles. The summed E-state index contributed by atoms with van der Waals surface area (Å²) in [5, 5.41) is 10.5. The van der Waals surface area contributed by atoms with Crippen LogP contribution in [0.2, 0.25) is 0 Å². The Hall–Kier alpha value is -1.26. The molecule has 0 amide bonds. The zero-order chi connectivity index (χ0) is 12.6. The van der Waals surface area contributed by atoms with Crippen LogP contribution in [0, 0.1) is 5.41 Å². The summed E-state index contributed by atoms with van der Waals surface area (Å²) >= 11 is 0. The summed E-state index contributed by atoms with van der Waals surface area (Å²) in [5.74, 6) is 1.48. The molecule has 3 N–H and O–H groups in total. The van der Waals surface area contributed by atoms with Crippen molar-refractivity contribution in [3.05, 3.63) is 23.8 Å². The monoisotopic (exact) mass is 249 g/mol. The molecular weight excluding hydrogens is 230 g/mol. The van der Waals surface area contributed by atoms with Crippen molar-refractivity contribution in [1.29, 1.82) is 0 Å². The fourth-order valence-corrected chi connectivity index (χ4v) is 2.80. The number of rotatable bonds is 3.